The van der Waals surface area contributed by atoms with Crippen molar-refractivity contribution in [1.29, 1.82) is 0 Å². The van der Waals surface area contributed by atoms with E-state index in [1.807, 2.05) is 25.1 Å². The Labute approximate surface area is 245 Å². The topological polar surface area (TPSA) is 102 Å². The number of anilines is 1. The summed E-state index contributed by atoms with van der Waals surface area (Å²) in [6, 6.07) is 12.0. The number of benzene rings is 2. The number of hydrogen-bond donors (Lipinski definition) is 0. The Balaban J connectivity index is 1.36. The molecule has 2 aliphatic rings. The Morgan fingerprint density at radius 3 is 2.63 bits per heavy atom. The second kappa shape index (κ2) is 13.6. The molecule has 222 valence electrons. The smallest absolute Gasteiger partial charge is 0.260 e. The minimum atomic E-state index is -3.71. The number of para-hydroxylation sites is 1. The molecule has 0 saturated carbocycles. The standard InChI is InChI=1S/C29H38N4O6S2/c1-3-38-25-8-4-9-26-27(25)30-29(40-26)33(15-6-14-32-16-19-37-20-17-32)28(34)22-10-12-24(13-11-22)41(35,36)31(2)21-23-7-5-18-39-23/h4,8-13,23H,3,5-7,14-21H2,1-2H3. The summed E-state index contributed by atoms with van der Waals surface area (Å²) in [5.74, 6) is 0.468. The van der Waals surface area contributed by atoms with Gasteiger partial charge in [-0.05, 0) is 62.6 Å². The van der Waals surface area contributed by atoms with E-state index in [9.17, 15) is 13.2 Å². The van der Waals surface area contributed by atoms with Crippen LogP contribution in [-0.4, -0.2) is 101 Å². The van der Waals surface area contributed by atoms with Crippen LogP contribution in [0.1, 0.15) is 36.5 Å². The number of thiazole rings is 1. The first kappa shape index (κ1) is 29.9. The van der Waals surface area contributed by atoms with E-state index in [0.29, 0.717) is 42.7 Å². The monoisotopic (exact) mass is 602 g/mol. The number of aromatic nitrogens is 1. The average molecular weight is 603 g/mol. The van der Waals surface area contributed by atoms with E-state index in [2.05, 4.69) is 4.90 Å². The first-order chi connectivity index (χ1) is 19.9. The van der Waals surface area contributed by atoms with Gasteiger partial charge in [-0.3, -0.25) is 14.6 Å². The summed E-state index contributed by atoms with van der Waals surface area (Å²) in [5, 5.41) is 0.590. The van der Waals surface area contributed by atoms with Crippen LogP contribution in [0, 0.1) is 0 Å². The molecule has 0 spiro atoms. The minimum Gasteiger partial charge on any atom is -0.492 e. The number of rotatable bonds is 12. The van der Waals surface area contributed by atoms with Crippen LogP contribution >= 0.6 is 11.3 Å². The molecule has 1 unspecified atom stereocenters. The van der Waals surface area contributed by atoms with Gasteiger partial charge in [-0.2, -0.15) is 4.31 Å². The van der Waals surface area contributed by atoms with Crippen LogP contribution in [0.3, 0.4) is 0 Å². The maximum Gasteiger partial charge on any atom is 0.260 e. The van der Waals surface area contributed by atoms with Crippen molar-refractivity contribution in [3.63, 3.8) is 0 Å². The van der Waals surface area contributed by atoms with Crippen molar-refractivity contribution in [3.05, 3.63) is 48.0 Å². The van der Waals surface area contributed by atoms with Gasteiger partial charge < -0.3 is 14.2 Å². The Morgan fingerprint density at radius 2 is 1.93 bits per heavy atom. The maximum atomic E-state index is 13.9. The van der Waals surface area contributed by atoms with Gasteiger partial charge in [-0.1, -0.05) is 17.4 Å². The summed E-state index contributed by atoms with van der Waals surface area (Å²) in [7, 11) is -2.14. The van der Waals surface area contributed by atoms with Crippen molar-refractivity contribution in [2.75, 3.05) is 71.1 Å². The molecule has 0 bridgehead atoms. The van der Waals surface area contributed by atoms with E-state index in [0.717, 1.165) is 62.3 Å². The average Bonchev–Trinajstić information content (AvgIpc) is 3.66. The highest BCUT2D eigenvalue weighted by atomic mass is 32.2. The van der Waals surface area contributed by atoms with Gasteiger partial charge in [-0.25, -0.2) is 13.4 Å². The number of carbonyl (C=O) groups excluding carboxylic acids is 1. The zero-order chi connectivity index (χ0) is 28.8. The first-order valence-electron chi connectivity index (χ1n) is 14.2. The molecule has 1 aromatic heterocycles. The fourth-order valence-electron chi connectivity index (χ4n) is 5.14. The van der Waals surface area contributed by atoms with E-state index >= 15 is 0 Å². The Bertz CT molecular complexity index is 1420. The molecule has 41 heavy (non-hydrogen) atoms. The zero-order valence-corrected chi connectivity index (χ0v) is 25.3. The number of nitrogens with zero attached hydrogens (tertiary/aromatic N) is 4. The van der Waals surface area contributed by atoms with E-state index in [1.54, 1.807) is 24.1 Å². The predicted octanol–water partition coefficient (Wildman–Crippen LogP) is 3.86. The summed E-state index contributed by atoms with van der Waals surface area (Å²) in [6.07, 6.45) is 2.48. The third-order valence-corrected chi connectivity index (χ3v) is 10.3. The molecule has 2 saturated heterocycles. The molecule has 5 rings (SSSR count). The second-order valence-corrected chi connectivity index (χ2v) is 13.3. The van der Waals surface area contributed by atoms with Gasteiger partial charge in [-0.15, -0.1) is 0 Å². The summed E-state index contributed by atoms with van der Waals surface area (Å²) in [6.45, 7) is 7.94. The number of morpholine rings is 1. The molecule has 2 fully saturated rings. The summed E-state index contributed by atoms with van der Waals surface area (Å²) >= 11 is 1.45. The first-order valence-corrected chi connectivity index (χ1v) is 16.4. The molecule has 2 aromatic carbocycles. The molecule has 1 atom stereocenters. The molecule has 0 radical (unpaired) electrons. The molecule has 0 N–H and O–H groups in total. The van der Waals surface area contributed by atoms with Crippen molar-refractivity contribution in [3.8, 4) is 5.75 Å². The summed E-state index contributed by atoms with van der Waals surface area (Å²) < 4.78 is 45.5. The fourth-order valence-corrected chi connectivity index (χ4v) is 7.35. The number of amides is 1. The third-order valence-electron chi connectivity index (χ3n) is 7.40. The highest BCUT2D eigenvalue weighted by molar-refractivity contribution is 7.89. The number of likely N-dealkylation sites (N-methyl/N-ethyl adjacent to an activating group) is 1. The maximum absolute atomic E-state index is 13.9. The fraction of sp³-hybridized carbons (Fsp3) is 0.517. The largest absolute Gasteiger partial charge is 0.492 e. The van der Waals surface area contributed by atoms with E-state index in [1.165, 1.54) is 27.8 Å². The van der Waals surface area contributed by atoms with Crippen LogP contribution in [0.25, 0.3) is 10.2 Å². The number of carbonyl (C=O) groups is 1. The lowest BCUT2D eigenvalue weighted by Crippen LogP contribution is -2.39. The van der Waals surface area contributed by atoms with Crippen LogP contribution in [0.4, 0.5) is 5.13 Å². The van der Waals surface area contributed by atoms with Crippen molar-refractivity contribution in [2.24, 2.45) is 0 Å². The summed E-state index contributed by atoms with van der Waals surface area (Å²) in [4.78, 5) is 22.9. The van der Waals surface area contributed by atoms with Crippen molar-refractivity contribution in [1.82, 2.24) is 14.2 Å². The van der Waals surface area contributed by atoms with Crippen molar-refractivity contribution >= 4 is 42.6 Å². The van der Waals surface area contributed by atoms with E-state index in [-0.39, 0.29) is 16.9 Å². The number of ether oxygens (including phenoxy) is 3. The quantitative estimate of drug-likeness (QED) is 0.308. The highest BCUT2D eigenvalue weighted by Gasteiger charge is 2.27. The van der Waals surface area contributed by atoms with Gasteiger partial charge in [0.15, 0.2) is 5.13 Å². The normalized spacial score (nSPS) is 18.3. The molecular formula is C29H38N4O6S2. The summed E-state index contributed by atoms with van der Waals surface area (Å²) in [5.41, 5.74) is 1.14. The molecule has 1 amide bonds. The van der Waals surface area contributed by atoms with Gasteiger partial charge in [0.1, 0.15) is 11.3 Å². The van der Waals surface area contributed by atoms with Crippen molar-refractivity contribution in [2.45, 2.75) is 37.2 Å². The van der Waals surface area contributed by atoms with Gasteiger partial charge in [0, 0.05) is 51.9 Å². The molecule has 2 aliphatic heterocycles. The molecule has 12 heteroatoms. The SMILES string of the molecule is CCOc1cccc2sc(N(CCCN3CCOCC3)C(=O)c3ccc(S(=O)(=O)N(C)CC4CCCO4)cc3)nc12. The molecule has 3 heterocycles. The number of hydrogen-bond acceptors (Lipinski definition) is 9. The van der Waals surface area contributed by atoms with Crippen LogP contribution in [-0.2, 0) is 19.5 Å². The van der Waals surface area contributed by atoms with Crippen LogP contribution in [0.2, 0.25) is 0 Å². The van der Waals surface area contributed by atoms with Gasteiger partial charge in [0.25, 0.3) is 5.91 Å². The minimum absolute atomic E-state index is 0.0845. The van der Waals surface area contributed by atoms with Gasteiger partial charge >= 0.3 is 0 Å². The lowest BCUT2D eigenvalue weighted by Gasteiger charge is -2.27. The highest BCUT2D eigenvalue weighted by Crippen LogP contribution is 2.35. The Kier molecular flexibility index (Phi) is 9.89. The Morgan fingerprint density at radius 1 is 1.15 bits per heavy atom. The second-order valence-electron chi connectivity index (χ2n) is 10.2. The van der Waals surface area contributed by atoms with Crippen LogP contribution < -0.4 is 9.64 Å². The molecule has 0 aliphatic carbocycles. The third kappa shape index (κ3) is 7.07. The lowest BCUT2D eigenvalue weighted by atomic mass is 10.2. The van der Waals surface area contributed by atoms with Gasteiger partial charge in [0.2, 0.25) is 10.0 Å². The van der Waals surface area contributed by atoms with E-state index in [4.69, 9.17) is 19.2 Å². The van der Waals surface area contributed by atoms with Crippen molar-refractivity contribution < 1.29 is 27.4 Å². The van der Waals surface area contributed by atoms with Crippen LogP contribution in [0.5, 0.6) is 5.75 Å². The molecule has 10 nitrogen and oxygen atoms in total. The predicted molar refractivity (Wildman–Crippen MR) is 160 cm³/mol. The number of fused-ring (bicyclic) bond motifs is 1. The number of sulfonamides is 1. The molecular weight excluding hydrogens is 564 g/mol. The van der Waals surface area contributed by atoms with E-state index < -0.39 is 10.0 Å². The zero-order valence-electron chi connectivity index (χ0n) is 23.7. The van der Waals surface area contributed by atoms with Crippen LogP contribution in [0.15, 0.2) is 47.4 Å². The lowest BCUT2D eigenvalue weighted by molar-refractivity contribution is 0.0376. The van der Waals surface area contributed by atoms with Gasteiger partial charge in [0.05, 0.1) is 35.5 Å². The molecule has 3 aromatic rings. The Hall–Kier alpha value is -2.61.